The van der Waals surface area contributed by atoms with E-state index in [2.05, 4.69) is 47.1 Å². The number of hydrogen-bond acceptors (Lipinski definition) is 1. The molecule has 94 valence electrons. The van der Waals surface area contributed by atoms with Gasteiger partial charge in [0.05, 0.1) is 0 Å². The van der Waals surface area contributed by atoms with Crippen molar-refractivity contribution < 1.29 is 0 Å². The molecular weight excluding hydrogens is 274 g/mol. The Bertz CT molecular complexity index is 348. The molecular formula is C15H22BrN. The molecule has 1 atom stereocenters. The van der Waals surface area contributed by atoms with E-state index in [1.165, 1.54) is 44.1 Å². The zero-order valence-electron chi connectivity index (χ0n) is 10.6. The van der Waals surface area contributed by atoms with Gasteiger partial charge in [-0.15, -0.1) is 0 Å². The highest BCUT2D eigenvalue weighted by Crippen LogP contribution is 2.36. The summed E-state index contributed by atoms with van der Waals surface area (Å²) in [7, 11) is 0. The Labute approximate surface area is 113 Å². The van der Waals surface area contributed by atoms with E-state index in [0.29, 0.717) is 5.92 Å². The Morgan fingerprint density at radius 1 is 1.06 bits per heavy atom. The molecule has 1 aliphatic carbocycles. The van der Waals surface area contributed by atoms with Crippen molar-refractivity contribution in [2.45, 2.75) is 51.0 Å². The van der Waals surface area contributed by atoms with E-state index in [1.54, 1.807) is 0 Å². The van der Waals surface area contributed by atoms with Crippen LogP contribution in [0, 0.1) is 5.92 Å². The van der Waals surface area contributed by atoms with Gasteiger partial charge in [-0.1, -0.05) is 53.7 Å². The van der Waals surface area contributed by atoms with Crippen molar-refractivity contribution >= 4 is 15.9 Å². The predicted molar refractivity (Wildman–Crippen MR) is 76.9 cm³/mol. The fourth-order valence-electron chi connectivity index (χ4n) is 2.92. The number of benzene rings is 1. The summed E-state index contributed by atoms with van der Waals surface area (Å²) < 4.78 is 1.12. The molecule has 17 heavy (non-hydrogen) atoms. The second-order valence-corrected chi connectivity index (χ2v) is 6.39. The minimum atomic E-state index is -0.176. The maximum atomic E-state index is 6.62. The van der Waals surface area contributed by atoms with Crippen LogP contribution in [-0.4, -0.2) is 0 Å². The predicted octanol–water partition coefficient (Wildman–Crippen LogP) is 4.59. The highest BCUT2D eigenvalue weighted by molar-refractivity contribution is 9.10. The summed E-state index contributed by atoms with van der Waals surface area (Å²) in [5.74, 6) is 0.631. The number of rotatable bonds is 2. The van der Waals surface area contributed by atoms with Crippen molar-refractivity contribution in [3.05, 3.63) is 34.3 Å². The molecule has 0 radical (unpaired) electrons. The third-order valence-corrected chi connectivity index (χ3v) is 4.70. The molecule has 0 saturated heterocycles. The second-order valence-electron chi connectivity index (χ2n) is 5.48. The lowest BCUT2D eigenvalue weighted by Gasteiger charge is -2.34. The Kier molecular flexibility index (Phi) is 4.26. The highest BCUT2D eigenvalue weighted by atomic mass is 79.9. The fraction of sp³-hybridized carbons (Fsp3) is 0.600. The van der Waals surface area contributed by atoms with Crippen LogP contribution in [0.4, 0.5) is 0 Å². The van der Waals surface area contributed by atoms with Gasteiger partial charge in [0.1, 0.15) is 0 Å². The first-order chi connectivity index (χ1) is 8.10. The summed E-state index contributed by atoms with van der Waals surface area (Å²) in [6.07, 6.45) is 8.01. The second kappa shape index (κ2) is 5.53. The van der Waals surface area contributed by atoms with Gasteiger partial charge in [0.15, 0.2) is 0 Å². The lowest BCUT2D eigenvalue weighted by Crippen LogP contribution is -2.41. The van der Waals surface area contributed by atoms with Crippen molar-refractivity contribution in [2.75, 3.05) is 0 Å². The molecule has 0 spiro atoms. The first-order valence-corrected chi connectivity index (χ1v) is 7.45. The summed E-state index contributed by atoms with van der Waals surface area (Å²) in [5.41, 5.74) is 7.71. The van der Waals surface area contributed by atoms with Gasteiger partial charge >= 0.3 is 0 Å². The van der Waals surface area contributed by atoms with E-state index >= 15 is 0 Å². The summed E-state index contributed by atoms with van der Waals surface area (Å²) in [5, 5.41) is 0. The van der Waals surface area contributed by atoms with E-state index in [-0.39, 0.29) is 5.54 Å². The quantitative estimate of drug-likeness (QED) is 0.793. The van der Waals surface area contributed by atoms with Gasteiger partial charge in [0, 0.05) is 10.0 Å². The molecule has 0 aliphatic heterocycles. The zero-order chi connectivity index (χ0) is 12.3. The molecule has 0 bridgehead atoms. The first-order valence-electron chi connectivity index (χ1n) is 6.65. The molecule has 1 unspecified atom stereocenters. The average molecular weight is 296 g/mol. The van der Waals surface area contributed by atoms with Gasteiger partial charge in [0.25, 0.3) is 0 Å². The van der Waals surface area contributed by atoms with Crippen molar-refractivity contribution in [1.29, 1.82) is 0 Å². The normalized spacial score (nSPS) is 21.8. The first kappa shape index (κ1) is 13.1. The Morgan fingerprint density at radius 2 is 1.59 bits per heavy atom. The van der Waals surface area contributed by atoms with Crippen molar-refractivity contribution in [1.82, 2.24) is 0 Å². The molecule has 2 rings (SSSR count). The van der Waals surface area contributed by atoms with Crippen LogP contribution in [0.5, 0.6) is 0 Å². The van der Waals surface area contributed by atoms with E-state index in [4.69, 9.17) is 5.73 Å². The summed E-state index contributed by atoms with van der Waals surface area (Å²) >= 11 is 3.48. The molecule has 1 aliphatic rings. The molecule has 0 heterocycles. The van der Waals surface area contributed by atoms with E-state index in [1.807, 2.05) is 0 Å². The average Bonchev–Trinajstić information content (AvgIpc) is 2.58. The third-order valence-electron chi connectivity index (χ3n) is 4.17. The molecule has 2 heteroatoms. The monoisotopic (exact) mass is 295 g/mol. The van der Waals surface area contributed by atoms with Gasteiger partial charge in [-0.25, -0.2) is 0 Å². The fourth-order valence-corrected chi connectivity index (χ4v) is 3.19. The molecule has 0 amide bonds. The largest absolute Gasteiger partial charge is 0.321 e. The molecule has 2 N–H and O–H groups in total. The highest BCUT2D eigenvalue weighted by Gasteiger charge is 2.31. The van der Waals surface area contributed by atoms with Crippen molar-refractivity contribution in [3.8, 4) is 0 Å². The molecule has 1 fully saturated rings. The lowest BCUT2D eigenvalue weighted by molar-refractivity contribution is 0.269. The van der Waals surface area contributed by atoms with E-state index in [9.17, 15) is 0 Å². The van der Waals surface area contributed by atoms with Gasteiger partial charge in [-0.05, 0) is 43.4 Å². The zero-order valence-corrected chi connectivity index (χ0v) is 12.2. The molecule has 1 nitrogen and oxygen atoms in total. The Balaban J connectivity index is 2.18. The van der Waals surface area contributed by atoms with E-state index < -0.39 is 0 Å². The smallest absolute Gasteiger partial charge is 0.0409 e. The van der Waals surface area contributed by atoms with Crippen LogP contribution in [0.25, 0.3) is 0 Å². The van der Waals surface area contributed by atoms with Gasteiger partial charge in [-0.2, -0.15) is 0 Å². The maximum absolute atomic E-state index is 6.62. The van der Waals surface area contributed by atoms with Crippen molar-refractivity contribution in [2.24, 2.45) is 11.7 Å². The molecule has 1 aromatic carbocycles. The molecule has 1 saturated carbocycles. The summed E-state index contributed by atoms with van der Waals surface area (Å²) in [4.78, 5) is 0. The van der Waals surface area contributed by atoms with Crippen LogP contribution in [0.3, 0.4) is 0 Å². The molecule has 1 aromatic rings. The van der Waals surface area contributed by atoms with Gasteiger partial charge in [-0.3, -0.25) is 0 Å². The van der Waals surface area contributed by atoms with Crippen LogP contribution < -0.4 is 5.73 Å². The Hall–Kier alpha value is -0.340. The number of halogens is 1. The van der Waals surface area contributed by atoms with Gasteiger partial charge < -0.3 is 5.73 Å². The van der Waals surface area contributed by atoms with Crippen LogP contribution in [0.1, 0.15) is 51.0 Å². The topological polar surface area (TPSA) is 26.0 Å². The van der Waals surface area contributed by atoms with E-state index in [0.717, 1.165) is 4.47 Å². The summed E-state index contributed by atoms with van der Waals surface area (Å²) in [6.45, 7) is 2.20. The SMILES string of the molecule is CC(N)(c1ccc(Br)cc1)C1CCCCCC1. The van der Waals surface area contributed by atoms with Crippen LogP contribution in [0.2, 0.25) is 0 Å². The van der Waals surface area contributed by atoms with Crippen LogP contribution in [-0.2, 0) is 5.54 Å². The Morgan fingerprint density at radius 3 is 2.12 bits per heavy atom. The lowest BCUT2D eigenvalue weighted by atomic mass is 9.76. The van der Waals surface area contributed by atoms with Crippen molar-refractivity contribution in [3.63, 3.8) is 0 Å². The molecule has 0 aromatic heterocycles. The summed E-state index contributed by atoms with van der Waals surface area (Å²) in [6, 6.07) is 8.51. The third kappa shape index (κ3) is 3.11. The van der Waals surface area contributed by atoms with Gasteiger partial charge in [0.2, 0.25) is 0 Å². The van der Waals surface area contributed by atoms with Crippen LogP contribution in [0.15, 0.2) is 28.7 Å². The minimum Gasteiger partial charge on any atom is -0.321 e. The van der Waals surface area contributed by atoms with Crippen LogP contribution >= 0.6 is 15.9 Å². The standard InChI is InChI=1S/C15H22BrN/c1-15(17,12-6-4-2-3-5-7-12)13-8-10-14(16)11-9-13/h8-12H,2-7,17H2,1H3. The number of nitrogens with two attached hydrogens (primary N) is 1. The maximum Gasteiger partial charge on any atom is 0.0409 e. The number of hydrogen-bond donors (Lipinski definition) is 1. The minimum absolute atomic E-state index is 0.176.